The number of hydrogen-bond acceptors (Lipinski definition) is 4. The molecule has 1 aromatic heterocycles. The topological polar surface area (TPSA) is 53.3 Å². The zero-order valence-electron chi connectivity index (χ0n) is 11.9. The minimum Gasteiger partial charge on any atom is -0.462 e. The molecule has 0 spiro atoms. The fourth-order valence-electron chi connectivity index (χ4n) is 1.98. The molecule has 0 aliphatic heterocycles. The van der Waals surface area contributed by atoms with Crippen molar-refractivity contribution in [1.29, 1.82) is 0 Å². The molecule has 20 heavy (non-hydrogen) atoms. The Hall–Kier alpha value is -2.14. The van der Waals surface area contributed by atoms with Crippen molar-refractivity contribution in [3.05, 3.63) is 47.3 Å². The summed E-state index contributed by atoms with van der Waals surface area (Å²) in [4.78, 5) is 11.8. The van der Waals surface area contributed by atoms with Gasteiger partial charge in [-0.3, -0.25) is 0 Å². The van der Waals surface area contributed by atoms with E-state index in [1.54, 1.807) is 18.7 Å². The average molecular weight is 274 g/mol. The summed E-state index contributed by atoms with van der Waals surface area (Å²) in [6.07, 6.45) is 1.54. The first-order valence-corrected chi connectivity index (χ1v) is 6.47. The lowest BCUT2D eigenvalue weighted by atomic mass is 10.2. The molecule has 0 radical (unpaired) electrons. The molecule has 1 heterocycles. The average Bonchev–Trinajstić information content (AvgIpc) is 2.82. The minimum absolute atomic E-state index is 0.341. The Kier molecular flexibility index (Phi) is 4.53. The molecule has 106 valence electrons. The van der Waals surface area contributed by atoms with Gasteiger partial charge in [-0.1, -0.05) is 12.1 Å². The van der Waals surface area contributed by atoms with E-state index in [-0.39, 0.29) is 5.97 Å². The second kappa shape index (κ2) is 6.34. The Labute approximate surface area is 118 Å². The van der Waals surface area contributed by atoms with Crippen LogP contribution in [-0.4, -0.2) is 29.5 Å². The lowest BCUT2D eigenvalue weighted by Gasteiger charge is -2.07. The van der Waals surface area contributed by atoms with Crippen molar-refractivity contribution < 1.29 is 14.3 Å². The highest BCUT2D eigenvalue weighted by Crippen LogP contribution is 2.16. The molecular weight excluding hydrogens is 256 g/mol. The summed E-state index contributed by atoms with van der Waals surface area (Å²) in [5.41, 5.74) is 3.25. The van der Waals surface area contributed by atoms with Crippen LogP contribution in [0.5, 0.6) is 0 Å². The predicted molar refractivity (Wildman–Crippen MR) is 75.0 cm³/mol. The summed E-state index contributed by atoms with van der Waals surface area (Å²) in [6.45, 7) is 4.57. The molecule has 5 nitrogen and oxygen atoms in total. The first kappa shape index (κ1) is 14.3. The normalized spacial score (nSPS) is 10.6. The molecule has 1 aromatic carbocycles. The molecule has 0 saturated heterocycles. The zero-order valence-corrected chi connectivity index (χ0v) is 11.9. The van der Waals surface area contributed by atoms with Gasteiger partial charge < -0.3 is 9.47 Å². The number of ether oxygens (including phenoxy) is 2. The predicted octanol–water partition coefficient (Wildman–Crippen LogP) is 2.50. The fraction of sp³-hybridized carbons (Fsp3) is 0.333. The van der Waals surface area contributed by atoms with Crippen LogP contribution in [0.3, 0.4) is 0 Å². The zero-order chi connectivity index (χ0) is 14.5. The molecule has 0 amide bonds. The highest BCUT2D eigenvalue weighted by molar-refractivity contribution is 5.90. The van der Waals surface area contributed by atoms with Crippen molar-refractivity contribution in [2.75, 3.05) is 13.7 Å². The molecule has 0 aliphatic carbocycles. The summed E-state index contributed by atoms with van der Waals surface area (Å²) in [7, 11) is 1.66. The smallest absolute Gasteiger partial charge is 0.341 e. The molecule has 2 rings (SSSR count). The monoisotopic (exact) mass is 274 g/mol. The second-order valence-corrected chi connectivity index (χ2v) is 4.38. The lowest BCUT2D eigenvalue weighted by Crippen LogP contribution is -2.07. The summed E-state index contributed by atoms with van der Waals surface area (Å²) in [6, 6.07) is 7.85. The van der Waals surface area contributed by atoms with Crippen molar-refractivity contribution in [2.45, 2.75) is 20.5 Å². The largest absolute Gasteiger partial charge is 0.462 e. The van der Waals surface area contributed by atoms with Crippen LogP contribution in [0.15, 0.2) is 30.5 Å². The number of rotatable bonds is 5. The summed E-state index contributed by atoms with van der Waals surface area (Å²) in [5, 5.41) is 4.25. The van der Waals surface area contributed by atoms with Crippen LogP contribution in [0.1, 0.15) is 28.5 Å². The molecule has 5 heteroatoms. The van der Waals surface area contributed by atoms with Crippen LogP contribution in [0.2, 0.25) is 0 Å². The Morgan fingerprint density at radius 3 is 2.60 bits per heavy atom. The van der Waals surface area contributed by atoms with E-state index >= 15 is 0 Å². The van der Waals surface area contributed by atoms with Gasteiger partial charge in [0.1, 0.15) is 5.56 Å². The standard InChI is InChI=1S/C15H18N2O3/c1-4-20-15(18)14-9-16-17(11(14)2)13-7-5-12(6-8-13)10-19-3/h5-9H,4,10H2,1-3H3. The maximum Gasteiger partial charge on any atom is 0.341 e. The number of carbonyl (C=O) groups excluding carboxylic acids is 1. The Morgan fingerprint density at radius 1 is 1.30 bits per heavy atom. The van der Waals surface area contributed by atoms with E-state index in [1.807, 2.05) is 31.2 Å². The van der Waals surface area contributed by atoms with Gasteiger partial charge in [-0.25, -0.2) is 9.48 Å². The molecule has 0 saturated carbocycles. The lowest BCUT2D eigenvalue weighted by molar-refractivity contribution is 0.0525. The highest BCUT2D eigenvalue weighted by atomic mass is 16.5. The molecular formula is C15H18N2O3. The van der Waals surface area contributed by atoms with Crippen molar-refractivity contribution in [1.82, 2.24) is 9.78 Å². The first-order valence-electron chi connectivity index (χ1n) is 6.47. The van der Waals surface area contributed by atoms with Crippen molar-refractivity contribution >= 4 is 5.97 Å². The van der Waals surface area contributed by atoms with E-state index in [0.717, 1.165) is 16.9 Å². The van der Waals surface area contributed by atoms with Gasteiger partial charge in [0.05, 0.1) is 30.8 Å². The van der Waals surface area contributed by atoms with Gasteiger partial charge in [0.25, 0.3) is 0 Å². The molecule has 0 unspecified atom stereocenters. The van der Waals surface area contributed by atoms with Crippen LogP contribution in [0.25, 0.3) is 5.69 Å². The van der Waals surface area contributed by atoms with Crippen LogP contribution >= 0.6 is 0 Å². The molecule has 0 N–H and O–H groups in total. The van der Waals surface area contributed by atoms with Crippen molar-refractivity contribution in [3.8, 4) is 5.69 Å². The number of hydrogen-bond donors (Lipinski definition) is 0. The minimum atomic E-state index is -0.341. The van der Waals surface area contributed by atoms with Crippen molar-refractivity contribution in [2.24, 2.45) is 0 Å². The molecule has 0 atom stereocenters. The van der Waals surface area contributed by atoms with Crippen molar-refractivity contribution in [3.63, 3.8) is 0 Å². The summed E-state index contributed by atoms with van der Waals surface area (Å²) in [5.74, 6) is -0.341. The summed E-state index contributed by atoms with van der Waals surface area (Å²) < 4.78 is 11.8. The molecule has 0 bridgehead atoms. The van der Waals surface area contributed by atoms with Gasteiger partial charge in [0.2, 0.25) is 0 Å². The molecule has 0 fully saturated rings. The maximum absolute atomic E-state index is 11.8. The van der Waals surface area contributed by atoms with Gasteiger partial charge >= 0.3 is 5.97 Å². The van der Waals surface area contributed by atoms with Crippen LogP contribution in [0.4, 0.5) is 0 Å². The third kappa shape index (κ3) is 2.88. The Morgan fingerprint density at radius 2 is 2.00 bits per heavy atom. The van der Waals surface area contributed by atoms with Gasteiger partial charge in [-0.05, 0) is 31.5 Å². The van der Waals surface area contributed by atoms with Gasteiger partial charge in [-0.15, -0.1) is 0 Å². The van der Waals surface area contributed by atoms with Crippen LogP contribution in [-0.2, 0) is 16.1 Å². The Balaban J connectivity index is 2.27. The van der Waals surface area contributed by atoms with Gasteiger partial charge in [-0.2, -0.15) is 5.10 Å². The quantitative estimate of drug-likeness (QED) is 0.786. The van der Waals surface area contributed by atoms with Crippen LogP contribution in [0, 0.1) is 6.92 Å². The van der Waals surface area contributed by atoms with Gasteiger partial charge in [0.15, 0.2) is 0 Å². The molecule has 2 aromatic rings. The number of benzene rings is 1. The number of nitrogens with zero attached hydrogens (tertiary/aromatic N) is 2. The number of esters is 1. The second-order valence-electron chi connectivity index (χ2n) is 4.38. The summed E-state index contributed by atoms with van der Waals surface area (Å²) >= 11 is 0. The number of carbonyl (C=O) groups is 1. The van der Waals surface area contributed by atoms with E-state index in [2.05, 4.69) is 5.10 Å². The third-order valence-corrected chi connectivity index (χ3v) is 3.00. The van der Waals surface area contributed by atoms with E-state index < -0.39 is 0 Å². The number of methoxy groups -OCH3 is 1. The van der Waals surface area contributed by atoms with Crippen LogP contribution < -0.4 is 0 Å². The van der Waals surface area contributed by atoms with E-state index in [9.17, 15) is 4.79 Å². The fourth-order valence-corrected chi connectivity index (χ4v) is 1.98. The maximum atomic E-state index is 11.8. The number of aromatic nitrogens is 2. The molecule has 0 aliphatic rings. The third-order valence-electron chi connectivity index (χ3n) is 3.00. The van der Waals surface area contributed by atoms with E-state index in [4.69, 9.17) is 9.47 Å². The van der Waals surface area contributed by atoms with E-state index in [1.165, 1.54) is 6.20 Å². The van der Waals surface area contributed by atoms with E-state index in [0.29, 0.717) is 18.8 Å². The SMILES string of the molecule is CCOC(=O)c1cnn(-c2ccc(COC)cc2)c1C. The van der Waals surface area contributed by atoms with Gasteiger partial charge in [0, 0.05) is 7.11 Å². The highest BCUT2D eigenvalue weighted by Gasteiger charge is 2.15. The first-order chi connectivity index (χ1) is 9.67. The Bertz CT molecular complexity index is 588.